The lowest BCUT2D eigenvalue weighted by Crippen LogP contribution is -2.60. The highest BCUT2D eigenvalue weighted by atomic mass is 16.7. The van der Waals surface area contributed by atoms with E-state index in [9.17, 15) is 25.2 Å². The van der Waals surface area contributed by atoms with Crippen LogP contribution in [0.1, 0.15) is 15.9 Å². The summed E-state index contributed by atoms with van der Waals surface area (Å²) in [6.45, 7) is -0.636. The van der Waals surface area contributed by atoms with Crippen molar-refractivity contribution in [1.82, 2.24) is 0 Å². The average molecular weight is 390 g/mol. The Morgan fingerprint density at radius 2 is 1.61 bits per heavy atom. The van der Waals surface area contributed by atoms with Gasteiger partial charge in [-0.1, -0.05) is 36.4 Å². The van der Waals surface area contributed by atoms with Gasteiger partial charge in [0.2, 0.25) is 6.29 Å². The molecule has 2 aromatic rings. The Morgan fingerprint density at radius 1 is 0.929 bits per heavy atom. The molecule has 8 heteroatoms. The zero-order valence-corrected chi connectivity index (χ0v) is 14.9. The predicted molar refractivity (Wildman–Crippen MR) is 96.4 cm³/mol. The molecule has 1 aliphatic rings. The first-order valence-corrected chi connectivity index (χ1v) is 8.78. The molecule has 1 heterocycles. The number of aliphatic hydroxyl groups is 4. The molecule has 150 valence electrons. The number of carbonyl (C=O) groups excluding carboxylic acids is 1. The number of aliphatic hydroxyl groups excluding tert-OH is 4. The molecule has 8 nitrogen and oxygen atoms in total. The quantitative estimate of drug-likeness (QED) is 0.516. The minimum atomic E-state index is -1.57. The number of ether oxygens (including phenoxy) is 3. The lowest BCUT2D eigenvalue weighted by Gasteiger charge is -2.40. The second-order valence-electron chi connectivity index (χ2n) is 6.36. The highest BCUT2D eigenvalue weighted by molar-refractivity contribution is 5.89. The Kier molecular flexibility index (Phi) is 6.61. The first kappa shape index (κ1) is 20.2. The van der Waals surface area contributed by atoms with Gasteiger partial charge >= 0.3 is 5.97 Å². The first-order valence-electron chi connectivity index (χ1n) is 8.78. The third-order valence-corrected chi connectivity index (χ3v) is 4.44. The van der Waals surface area contributed by atoms with Gasteiger partial charge in [-0.05, 0) is 18.2 Å². The molecule has 0 spiro atoms. The van der Waals surface area contributed by atoms with Crippen molar-refractivity contribution in [2.45, 2.75) is 37.3 Å². The predicted octanol–water partition coefficient (Wildman–Crippen LogP) is 0.222. The zero-order chi connectivity index (χ0) is 20.1. The molecule has 1 saturated heterocycles. The fourth-order valence-electron chi connectivity index (χ4n) is 2.84. The smallest absolute Gasteiger partial charge is 0.338 e. The minimum Gasteiger partial charge on any atom is -0.462 e. The van der Waals surface area contributed by atoms with E-state index in [1.54, 1.807) is 54.6 Å². The summed E-state index contributed by atoms with van der Waals surface area (Å²) >= 11 is 0. The summed E-state index contributed by atoms with van der Waals surface area (Å²) in [6, 6.07) is 14.9. The van der Waals surface area contributed by atoms with Crippen LogP contribution in [0.25, 0.3) is 0 Å². The molecule has 0 amide bonds. The lowest BCUT2D eigenvalue weighted by molar-refractivity contribution is -0.277. The van der Waals surface area contributed by atoms with Gasteiger partial charge in [-0.15, -0.1) is 0 Å². The number of benzene rings is 2. The van der Waals surface area contributed by atoms with Crippen LogP contribution >= 0.6 is 0 Å². The van der Waals surface area contributed by atoms with Crippen molar-refractivity contribution in [3.8, 4) is 5.75 Å². The number of rotatable bonds is 6. The number of hydrogen-bond acceptors (Lipinski definition) is 8. The van der Waals surface area contributed by atoms with E-state index in [1.165, 1.54) is 0 Å². The number of hydrogen-bond donors (Lipinski definition) is 4. The van der Waals surface area contributed by atoms with Gasteiger partial charge in [0, 0.05) is 5.56 Å². The Morgan fingerprint density at radius 3 is 2.32 bits per heavy atom. The highest BCUT2D eigenvalue weighted by Crippen LogP contribution is 2.27. The standard InChI is InChI=1S/C20H22O8/c21-10-13-8-4-5-9-14(13)27-20-18(24)17(23)16(22)15(28-20)11-26-19(25)12-6-2-1-3-7-12/h1-9,15-18,20-24H,10-11H2/t15-,16+,17-,18-,20+/m0/s1. The third-order valence-electron chi connectivity index (χ3n) is 4.44. The van der Waals surface area contributed by atoms with Gasteiger partial charge in [-0.2, -0.15) is 0 Å². The maximum Gasteiger partial charge on any atom is 0.338 e. The van der Waals surface area contributed by atoms with Gasteiger partial charge in [0.1, 0.15) is 36.8 Å². The van der Waals surface area contributed by atoms with Crippen LogP contribution in [-0.2, 0) is 16.1 Å². The maximum atomic E-state index is 12.1. The van der Waals surface area contributed by atoms with Gasteiger partial charge in [0.15, 0.2) is 0 Å². The summed E-state index contributed by atoms with van der Waals surface area (Å²) in [7, 11) is 0. The highest BCUT2D eigenvalue weighted by Gasteiger charge is 2.45. The van der Waals surface area contributed by atoms with E-state index >= 15 is 0 Å². The minimum absolute atomic E-state index is 0.262. The summed E-state index contributed by atoms with van der Waals surface area (Å²) in [4.78, 5) is 12.1. The lowest BCUT2D eigenvalue weighted by atomic mass is 9.99. The number of carbonyl (C=O) groups is 1. The van der Waals surface area contributed by atoms with Crippen LogP contribution in [0.2, 0.25) is 0 Å². The molecule has 1 aliphatic heterocycles. The summed E-state index contributed by atoms with van der Waals surface area (Å²) in [5.74, 6) is -0.349. The SMILES string of the molecule is O=C(OC[C@@H]1O[C@@H](Oc2ccccc2CO)[C@@H](O)[C@@H](O)[C@@H]1O)c1ccccc1. The zero-order valence-electron chi connectivity index (χ0n) is 14.9. The van der Waals surface area contributed by atoms with Gasteiger partial charge in [-0.3, -0.25) is 0 Å². The summed E-state index contributed by atoms with van der Waals surface area (Å²) in [5, 5.41) is 39.8. The van der Waals surface area contributed by atoms with Crippen molar-refractivity contribution in [2.24, 2.45) is 0 Å². The normalized spacial score (nSPS) is 27.2. The molecule has 0 aromatic heterocycles. The fourth-order valence-corrected chi connectivity index (χ4v) is 2.84. The van der Waals surface area contributed by atoms with E-state index in [0.717, 1.165) is 0 Å². The van der Waals surface area contributed by atoms with Crippen LogP contribution < -0.4 is 4.74 Å². The number of esters is 1. The Hall–Kier alpha value is -2.49. The topological polar surface area (TPSA) is 126 Å². The van der Waals surface area contributed by atoms with Gasteiger partial charge in [0.05, 0.1) is 12.2 Å². The summed E-state index contributed by atoms with van der Waals surface area (Å²) in [6.07, 6.45) is -7.03. The number of para-hydroxylation sites is 1. The van der Waals surface area contributed by atoms with Crippen molar-refractivity contribution < 1.29 is 39.4 Å². The van der Waals surface area contributed by atoms with Crippen LogP contribution in [0.15, 0.2) is 54.6 Å². The van der Waals surface area contributed by atoms with Gasteiger partial charge < -0.3 is 34.6 Å². The monoisotopic (exact) mass is 390 g/mol. The molecular formula is C20H22O8. The molecule has 2 aromatic carbocycles. The molecule has 0 bridgehead atoms. The second kappa shape index (κ2) is 9.13. The molecule has 0 aliphatic carbocycles. The van der Waals surface area contributed by atoms with Crippen LogP contribution in [0.3, 0.4) is 0 Å². The molecule has 0 saturated carbocycles. The van der Waals surface area contributed by atoms with E-state index in [2.05, 4.69) is 0 Å². The van der Waals surface area contributed by atoms with Crippen molar-refractivity contribution in [2.75, 3.05) is 6.61 Å². The summed E-state index contributed by atoms with van der Waals surface area (Å²) < 4.78 is 16.3. The Bertz CT molecular complexity index is 781. The van der Waals surface area contributed by atoms with Gasteiger partial charge in [-0.25, -0.2) is 4.79 Å². The van der Waals surface area contributed by atoms with E-state index in [1.807, 2.05) is 0 Å². The molecule has 4 N–H and O–H groups in total. The maximum absolute atomic E-state index is 12.1. The van der Waals surface area contributed by atoms with Crippen LogP contribution in [0.5, 0.6) is 5.75 Å². The Balaban J connectivity index is 1.67. The van der Waals surface area contributed by atoms with Crippen molar-refractivity contribution >= 4 is 5.97 Å². The third kappa shape index (κ3) is 4.49. The Labute approximate surface area is 161 Å². The largest absolute Gasteiger partial charge is 0.462 e. The molecule has 0 radical (unpaired) electrons. The van der Waals surface area contributed by atoms with Crippen molar-refractivity contribution in [3.05, 3.63) is 65.7 Å². The van der Waals surface area contributed by atoms with Crippen molar-refractivity contribution in [1.29, 1.82) is 0 Å². The average Bonchev–Trinajstić information content (AvgIpc) is 2.74. The second-order valence-corrected chi connectivity index (χ2v) is 6.36. The van der Waals surface area contributed by atoms with E-state index in [4.69, 9.17) is 14.2 Å². The molecule has 3 rings (SSSR count). The van der Waals surface area contributed by atoms with Crippen LogP contribution in [0, 0.1) is 0 Å². The van der Waals surface area contributed by atoms with Crippen LogP contribution in [-0.4, -0.2) is 63.7 Å². The molecule has 1 fully saturated rings. The van der Waals surface area contributed by atoms with E-state index < -0.39 is 36.7 Å². The van der Waals surface area contributed by atoms with E-state index in [0.29, 0.717) is 11.1 Å². The molecular weight excluding hydrogens is 368 g/mol. The fraction of sp³-hybridized carbons (Fsp3) is 0.350. The summed E-state index contributed by atoms with van der Waals surface area (Å²) in [5.41, 5.74) is 0.795. The molecule has 5 atom stereocenters. The molecule has 0 unspecified atom stereocenters. The first-order chi connectivity index (χ1) is 13.5. The van der Waals surface area contributed by atoms with Crippen molar-refractivity contribution in [3.63, 3.8) is 0 Å². The van der Waals surface area contributed by atoms with E-state index in [-0.39, 0.29) is 19.0 Å². The van der Waals surface area contributed by atoms with Crippen LogP contribution in [0.4, 0.5) is 0 Å². The molecule has 28 heavy (non-hydrogen) atoms. The van der Waals surface area contributed by atoms with Gasteiger partial charge in [0.25, 0.3) is 0 Å².